The van der Waals surface area contributed by atoms with Gasteiger partial charge in [-0.2, -0.15) is 0 Å². The molecule has 128 valence electrons. The zero-order valence-corrected chi connectivity index (χ0v) is 13.5. The molecule has 0 aliphatic heterocycles. The molecule has 7 heteroatoms. The van der Waals surface area contributed by atoms with Gasteiger partial charge >= 0.3 is 5.97 Å². The van der Waals surface area contributed by atoms with Crippen LogP contribution in [0.1, 0.15) is 48.2 Å². The smallest absolute Gasteiger partial charge is 0.303 e. The molecule has 0 unspecified atom stereocenters. The van der Waals surface area contributed by atoms with Crippen LogP contribution in [0.5, 0.6) is 0 Å². The number of carbonyl (C=O) groups is 2. The van der Waals surface area contributed by atoms with E-state index in [9.17, 15) is 9.59 Å². The van der Waals surface area contributed by atoms with Crippen LogP contribution >= 0.6 is 0 Å². The molecule has 0 saturated carbocycles. The summed E-state index contributed by atoms with van der Waals surface area (Å²) in [5.41, 5.74) is 1.40. The minimum atomic E-state index is -0.762. The number of unbranched alkanes of at least 4 members (excludes halogenated alkanes) is 3. The lowest BCUT2D eigenvalue weighted by Gasteiger charge is -2.02. The van der Waals surface area contributed by atoms with E-state index >= 15 is 0 Å². The molecule has 2 rings (SSSR count). The molecule has 2 aromatic rings. The van der Waals surface area contributed by atoms with E-state index in [1.807, 2.05) is 30.3 Å². The zero-order chi connectivity index (χ0) is 17.2. The molecule has 24 heavy (non-hydrogen) atoms. The van der Waals surface area contributed by atoms with Crippen LogP contribution < -0.4 is 5.32 Å². The van der Waals surface area contributed by atoms with Crippen molar-refractivity contribution in [3.05, 3.63) is 47.8 Å². The third-order valence-electron chi connectivity index (χ3n) is 3.56. The van der Waals surface area contributed by atoms with Gasteiger partial charge in [0, 0.05) is 13.0 Å². The standard InChI is InChI=1S/C17H22N4O3/c22-16(23)10-6-1-2-7-11-18-17(24)15-13-21(20-19-15)12-14-8-4-3-5-9-14/h3-5,8-9,13H,1-2,6-7,10-12H2,(H,18,24)(H,22,23). The number of nitrogens with zero attached hydrogens (tertiary/aromatic N) is 3. The van der Waals surface area contributed by atoms with Gasteiger partial charge in [-0.1, -0.05) is 48.4 Å². The zero-order valence-electron chi connectivity index (χ0n) is 13.5. The average Bonchev–Trinajstić information content (AvgIpc) is 3.03. The van der Waals surface area contributed by atoms with Crippen molar-refractivity contribution < 1.29 is 14.7 Å². The average molecular weight is 330 g/mol. The van der Waals surface area contributed by atoms with E-state index in [-0.39, 0.29) is 12.3 Å². The van der Waals surface area contributed by atoms with E-state index in [4.69, 9.17) is 5.11 Å². The number of nitrogens with one attached hydrogen (secondary N) is 1. The predicted molar refractivity (Wildman–Crippen MR) is 88.6 cm³/mol. The molecule has 7 nitrogen and oxygen atoms in total. The summed E-state index contributed by atoms with van der Waals surface area (Å²) in [6.07, 6.45) is 5.09. The van der Waals surface area contributed by atoms with E-state index < -0.39 is 5.97 Å². The van der Waals surface area contributed by atoms with Crippen LogP contribution in [0.4, 0.5) is 0 Å². The van der Waals surface area contributed by atoms with E-state index in [1.165, 1.54) is 0 Å². The maximum absolute atomic E-state index is 12.0. The van der Waals surface area contributed by atoms with Crippen LogP contribution in [0.15, 0.2) is 36.5 Å². The van der Waals surface area contributed by atoms with Gasteiger partial charge in [-0.25, -0.2) is 4.68 Å². The van der Waals surface area contributed by atoms with Crippen molar-refractivity contribution >= 4 is 11.9 Å². The second-order valence-corrected chi connectivity index (χ2v) is 5.60. The molecule has 0 atom stereocenters. The van der Waals surface area contributed by atoms with Crippen molar-refractivity contribution in [2.24, 2.45) is 0 Å². The Labute approximate surface area is 140 Å². The fourth-order valence-corrected chi connectivity index (χ4v) is 2.30. The Morgan fingerprint density at radius 2 is 1.83 bits per heavy atom. The van der Waals surface area contributed by atoms with Gasteiger partial charge in [0.1, 0.15) is 0 Å². The van der Waals surface area contributed by atoms with Gasteiger partial charge in [0.25, 0.3) is 5.91 Å². The summed E-state index contributed by atoms with van der Waals surface area (Å²) in [5, 5.41) is 19.2. The topological polar surface area (TPSA) is 97.1 Å². The van der Waals surface area contributed by atoms with Crippen molar-refractivity contribution in [3.8, 4) is 0 Å². The maximum atomic E-state index is 12.0. The number of carboxylic acids is 1. The van der Waals surface area contributed by atoms with Gasteiger partial charge in [0.15, 0.2) is 5.69 Å². The highest BCUT2D eigenvalue weighted by Crippen LogP contribution is 2.04. The van der Waals surface area contributed by atoms with Crippen molar-refractivity contribution in [1.82, 2.24) is 20.3 Å². The number of amides is 1. The molecule has 1 heterocycles. The Morgan fingerprint density at radius 1 is 1.08 bits per heavy atom. The molecule has 0 spiro atoms. The Morgan fingerprint density at radius 3 is 2.58 bits per heavy atom. The summed E-state index contributed by atoms with van der Waals surface area (Å²) < 4.78 is 1.64. The first-order valence-electron chi connectivity index (χ1n) is 8.09. The van der Waals surface area contributed by atoms with Gasteiger partial charge in [0.2, 0.25) is 0 Å². The monoisotopic (exact) mass is 330 g/mol. The lowest BCUT2D eigenvalue weighted by molar-refractivity contribution is -0.137. The molecule has 1 amide bonds. The Bertz CT molecular complexity index is 655. The van der Waals surface area contributed by atoms with Crippen molar-refractivity contribution in [2.45, 2.75) is 38.6 Å². The van der Waals surface area contributed by atoms with E-state index in [0.29, 0.717) is 25.2 Å². The molecule has 0 aliphatic rings. The number of aliphatic carboxylic acids is 1. The van der Waals surface area contributed by atoms with Crippen LogP contribution in [-0.4, -0.2) is 38.5 Å². The quantitative estimate of drug-likeness (QED) is 0.650. The molecule has 2 N–H and O–H groups in total. The second-order valence-electron chi connectivity index (χ2n) is 5.60. The van der Waals surface area contributed by atoms with E-state index in [0.717, 1.165) is 24.8 Å². The SMILES string of the molecule is O=C(O)CCCCCCNC(=O)c1cn(Cc2ccccc2)nn1. The number of hydrogen-bond donors (Lipinski definition) is 2. The fourth-order valence-electron chi connectivity index (χ4n) is 2.30. The van der Waals surface area contributed by atoms with Gasteiger partial charge < -0.3 is 10.4 Å². The molecular formula is C17H22N4O3. The highest BCUT2D eigenvalue weighted by atomic mass is 16.4. The first-order valence-corrected chi connectivity index (χ1v) is 8.09. The summed E-state index contributed by atoms with van der Waals surface area (Å²) in [6, 6.07) is 9.84. The normalized spacial score (nSPS) is 10.5. The molecule has 1 aromatic carbocycles. The molecule has 0 bridgehead atoms. The summed E-state index contributed by atoms with van der Waals surface area (Å²) in [5.74, 6) is -0.998. The fraction of sp³-hybridized carbons (Fsp3) is 0.412. The second kappa shape index (κ2) is 9.44. The van der Waals surface area contributed by atoms with Gasteiger partial charge in [-0.3, -0.25) is 9.59 Å². The Kier molecular flexibility index (Phi) is 6.94. The number of aromatic nitrogens is 3. The number of rotatable bonds is 10. The summed E-state index contributed by atoms with van der Waals surface area (Å²) in [4.78, 5) is 22.4. The Hall–Kier alpha value is -2.70. The highest BCUT2D eigenvalue weighted by Gasteiger charge is 2.10. The van der Waals surface area contributed by atoms with Crippen molar-refractivity contribution in [2.75, 3.05) is 6.54 Å². The van der Waals surface area contributed by atoms with E-state index in [2.05, 4.69) is 15.6 Å². The molecule has 0 radical (unpaired) electrons. The Balaban J connectivity index is 1.67. The summed E-state index contributed by atoms with van der Waals surface area (Å²) in [6.45, 7) is 1.13. The van der Waals surface area contributed by atoms with Crippen LogP contribution in [0, 0.1) is 0 Å². The predicted octanol–water partition coefficient (Wildman–Crippen LogP) is 2.09. The number of carboxylic acid groups (broad SMARTS) is 1. The van der Waals surface area contributed by atoms with Gasteiger partial charge in [-0.15, -0.1) is 5.10 Å². The first kappa shape index (κ1) is 17.7. The third-order valence-corrected chi connectivity index (χ3v) is 3.56. The highest BCUT2D eigenvalue weighted by molar-refractivity contribution is 5.91. The summed E-state index contributed by atoms with van der Waals surface area (Å²) in [7, 11) is 0. The first-order chi connectivity index (χ1) is 11.6. The van der Waals surface area contributed by atoms with Crippen LogP contribution in [0.3, 0.4) is 0 Å². The van der Waals surface area contributed by atoms with Crippen molar-refractivity contribution in [1.29, 1.82) is 0 Å². The van der Waals surface area contributed by atoms with Crippen molar-refractivity contribution in [3.63, 3.8) is 0 Å². The lowest BCUT2D eigenvalue weighted by atomic mass is 10.1. The van der Waals surface area contributed by atoms with Crippen LogP contribution in [-0.2, 0) is 11.3 Å². The third kappa shape index (κ3) is 6.20. The van der Waals surface area contributed by atoms with Crippen LogP contribution in [0.25, 0.3) is 0 Å². The minimum absolute atomic E-state index is 0.205. The summed E-state index contributed by atoms with van der Waals surface area (Å²) >= 11 is 0. The molecule has 0 saturated heterocycles. The maximum Gasteiger partial charge on any atom is 0.303 e. The van der Waals surface area contributed by atoms with Gasteiger partial charge in [0.05, 0.1) is 12.7 Å². The minimum Gasteiger partial charge on any atom is -0.481 e. The molecule has 0 aliphatic carbocycles. The van der Waals surface area contributed by atoms with Gasteiger partial charge in [-0.05, 0) is 18.4 Å². The molecule has 0 fully saturated rings. The number of carbonyl (C=O) groups excluding carboxylic acids is 1. The van der Waals surface area contributed by atoms with Crippen LogP contribution in [0.2, 0.25) is 0 Å². The number of benzene rings is 1. The number of hydrogen-bond acceptors (Lipinski definition) is 4. The van der Waals surface area contributed by atoms with E-state index in [1.54, 1.807) is 10.9 Å². The molecule has 1 aromatic heterocycles. The lowest BCUT2D eigenvalue weighted by Crippen LogP contribution is -2.24. The molecular weight excluding hydrogens is 308 g/mol. The largest absolute Gasteiger partial charge is 0.481 e.